The van der Waals surface area contributed by atoms with E-state index in [1.165, 1.54) is 10.6 Å². The molecule has 6 heteroatoms. The molecule has 0 bridgehead atoms. The van der Waals surface area contributed by atoms with Crippen molar-refractivity contribution >= 4 is 22.4 Å². The van der Waals surface area contributed by atoms with Gasteiger partial charge in [-0.05, 0) is 11.6 Å². The Kier molecular flexibility index (Phi) is 3.43. The van der Waals surface area contributed by atoms with Gasteiger partial charge in [-0.2, -0.15) is 9.61 Å². The van der Waals surface area contributed by atoms with Crippen LogP contribution >= 0.6 is 0 Å². The molecule has 0 amide bonds. The highest BCUT2D eigenvalue weighted by molar-refractivity contribution is 5.99. The van der Waals surface area contributed by atoms with Crippen LogP contribution in [0.2, 0.25) is 0 Å². The van der Waals surface area contributed by atoms with E-state index in [9.17, 15) is 9.59 Å². The first-order valence-corrected chi connectivity index (χ1v) is 7.55. The lowest BCUT2D eigenvalue weighted by Gasteiger charge is -2.11. The van der Waals surface area contributed by atoms with Crippen LogP contribution in [0.1, 0.15) is 0 Å². The molecule has 6 nitrogen and oxygen atoms in total. The number of ether oxygens (including phenoxy) is 1. The minimum Gasteiger partial charge on any atom is -0.449 e. The second-order valence-electron chi connectivity index (χ2n) is 5.45. The highest BCUT2D eigenvalue weighted by Gasteiger charge is 2.17. The van der Waals surface area contributed by atoms with Crippen molar-refractivity contribution in [2.75, 3.05) is 0 Å². The van der Waals surface area contributed by atoms with E-state index in [-0.39, 0.29) is 11.3 Å². The maximum atomic E-state index is 12.9. The van der Waals surface area contributed by atoms with Crippen LogP contribution in [0.15, 0.2) is 71.7 Å². The van der Waals surface area contributed by atoms with E-state index in [1.54, 1.807) is 36.5 Å². The molecule has 4 aromatic rings. The van der Waals surface area contributed by atoms with Crippen LogP contribution in [0.5, 0.6) is 5.75 Å². The van der Waals surface area contributed by atoms with E-state index in [0.717, 1.165) is 5.39 Å². The summed E-state index contributed by atoms with van der Waals surface area (Å²) in [6.45, 7) is 0. The Balaban J connectivity index is 2.15. The third-order valence-corrected chi connectivity index (χ3v) is 3.95. The van der Waals surface area contributed by atoms with Gasteiger partial charge in [0.2, 0.25) is 0 Å². The summed E-state index contributed by atoms with van der Waals surface area (Å²) in [5.74, 6) is 0.0650. The molecule has 0 atom stereocenters. The van der Waals surface area contributed by atoms with Crippen LogP contribution in [0.3, 0.4) is 0 Å². The Bertz CT molecular complexity index is 1170. The molecule has 2 aromatic carbocycles. The first-order chi connectivity index (χ1) is 12.1. The molecule has 0 radical (unpaired) electrons. The number of fused-ring (bicyclic) bond motifs is 3. The molecule has 0 saturated heterocycles. The molecular weight excluding hydrogens is 320 g/mol. The Morgan fingerprint density at radius 3 is 2.52 bits per heavy atom. The maximum Gasteiger partial charge on any atom is 0.511 e. The topological polar surface area (TPSA) is 80.9 Å². The van der Waals surface area contributed by atoms with Crippen molar-refractivity contribution in [3.8, 4) is 16.9 Å². The van der Waals surface area contributed by atoms with E-state index in [1.807, 2.05) is 24.3 Å². The second kappa shape index (κ2) is 5.76. The predicted molar refractivity (Wildman–Crippen MR) is 93.1 cm³/mol. The van der Waals surface area contributed by atoms with Crippen molar-refractivity contribution in [1.82, 2.24) is 9.61 Å². The first-order valence-electron chi connectivity index (χ1n) is 7.55. The minimum absolute atomic E-state index is 0.0650. The zero-order valence-corrected chi connectivity index (χ0v) is 12.9. The number of benzene rings is 2. The van der Waals surface area contributed by atoms with Crippen LogP contribution in [0, 0.1) is 0 Å². The average Bonchev–Trinajstić information content (AvgIpc) is 2.63. The zero-order valence-electron chi connectivity index (χ0n) is 12.9. The molecule has 1 N–H and O–H groups in total. The quantitative estimate of drug-likeness (QED) is 0.448. The van der Waals surface area contributed by atoms with Crippen molar-refractivity contribution in [1.29, 1.82) is 0 Å². The standard InChI is InChI=1S/C19H12N2O4/c22-18-15(12-6-2-1-3-7-12)10-16(25-19(23)24)17-14-9-5-4-8-13(14)11-20-21(17)18/h1-11H,(H,23,24). The Morgan fingerprint density at radius 2 is 1.76 bits per heavy atom. The van der Waals surface area contributed by atoms with Gasteiger partial charge in [-0.3, -0.25) is 4.79 Å². The second-order valence-corrected chi connectivity index (χ2v) is 5.45. The Hall–Kier alpha value is -3.67. The van der Waals surface area contributed by atoms with Crippen LogP contribution in [-0.2, 0) is 0 Å². The van der Waals surface area contributed by atoms with Crippen LogP contribution in [0.25, 0.3) is 27.4 Å². The first kappa shape index (κ1) is 14.9. The molecule has 0 unspecified atom stereocenters. The van der Waals surface area contributed by atoms with Gasteiger partial charge < -0.3 is 9.84 Å². The maximum absolute atomic E-state index is 12.9. The van der Waals surface area contributed by atoms with Gasteiger partial charge in [0.25, 0.3) is 5.56 Å². The molecule has 0 aliphatic rings. The molecule has 0 saturated carbocycles. The number of aromatic nitrogens is 2. The largest absolute Gasteiger partial charge is 0.511 e. The molecule has 2 aromatic heterocycles. The Labute approximate surface area is 141 Å². The number of rotatable bonds is 2. The summed E-state index contributed by atoms with van der Waals surface area (Å²) in [4.78, 5) is 24.1. The molecule has 0 fully saturated rings. The third kappa shape index (κ3) is 2.49. The summed E-state index contributed by atoms with van der Waals surface area (Å²) in [7, 11) is 0. The summed E-state index contributed by atoms with van der Waals surface area (Å²) in [5.41, 5.74) is 0.958. The highest BCUT2D eigenvalue weighted by atomic mass is 16.7. The van der Waals surface area contributed by atoms with Crippen molar-refractivity contribution in [2.45, 2.75) is 0 Å². The Morgan fingerprint density at radius 1 is 1.04 bits per heavy atom. The minimum atomic E-state index is -1.45. The van der Waals surface area contributed by atoms with E-state index < -0.39 is 6.16 Å². The highest BCUT2D eigenvalue weighted by Crippen LogP contribution is 2.29. The number of nitrogens with zero attached hydrogens (tertiary/aromatic N) is 2. The SMILES string of the molecule is O=C(O)Oc1cc(-c2ccccc2)c(=O)n2ncc3ccccc3c12. The average molecular weight is 332 g/mol. The fourth-order valence-electron chi connectivity index (χ4n) is 2.88. The third-order valence-electron chi connectivity index (χ3n) is 3.95. The smallest absolute Gasteiger partial charge is 0.449 e. The molecule has 122 valence electrons. The van der Waals surface area contributed by atoms with Gasteiger partial charge in [-0.1, -0.05) is 54.6 Å². The molecule has 0 aliphatic heterocycles. The summed E-state index contributed by atoms with van der Waals surface area (Å²) in [6.07, 6.45) is 0.121. The fraction of sp³-hybridized carbons (Fsp3) is 0. The van der Waals surface area contributed by atoms with Gasteiger partial charge in [0.1, 0.15) is 5.52 Å². The monoisotopic (exact) mass is 332 g/mol. The predicted octanol–water partition coefficient (Wildman–Crippen LogP) is 3.57. The zero-order chi connectivity index (χ0) is 17.4. The summed E-state index contributed by atoms with van der Waals surface area (Å²) < 4.78 is 6.15. The van der Waals surface area contributed by atoms with Gasteiger partial charge >= 0.3 is 6.16 Å². The molecule has 0 spiro atoms. The van der Waals surface area contributed by atoms with E-state index in [2.05, 4.69) is 5.10 Å². The molecular formula is C19H12N2O4. The van der Waals surface area contributed by atoms with Crippen LogP contribution < -0.4 is 10.3 Å². The van der Waals surface area contributed by atoms with Crippen LogP contribution in [0.4, 0.5) is 4.79 Å². The normalized spacial score (nSPS) is 10.9. The number of carbonyl (C=O) groups is 1. The van der Waals surface area contributed by atoms with Crippen molar-refractivity contribution < 1.29 is 14.6 Å². The lowest BCUT2D eigenvalue weighted by atomic mass is 10.1. The summed E-state index contributed by atoms with van der Waals surface area (Å²) in [5, 5.41) is 14.8. The summed E-state index contributed by atoms with van der Waals surface area (Å²) in [6, 6.07) is 17.7. The molecule has 25 heavy (non-hydrogen) atoms. The molecule has 2 heterocycles. The number of pyridine rings is 1. The van der Waals surface area contributed by atoms with Crippen molar-refractivity contribution in [3.05, 3.63) is 77.2 Å². The van der Waals surface area contributed by atoms with Gasteiger partial charge in [0.05, 0.1) is 11.8 Å². The molecule has 4 rings (SSSR count). The molecule has 0 aliphatic carbocycles. The lowest BCUT2D eigenvalue weighted by molar-refractivity contribution is 0.145. The van der Waals surface area contributed by atoms with Crippen molar-refractivity contribution in [3.63, 3.8) is 0 Å². The van der Waals surface area contributed by atoms with Crippen molar-refractivity contribution in [2.24, 2.45) is 0 Å². The fourth-order valence-corrected chi connectivity index (χ4v) is 2.88. The van der Waals surface area contributed by atoms with Gasteiger partial charge in [-0.25, -0.2) is 4.79 Å². The van der Waals surface area contributed by atoms with E-state index in [0.29, 0.717) is 22.0 Å². The lowest BCUT2D eigenvalue weighted by Crippen LogP contribution is -2.20. The van der Waals surface area contributed by atoms with Crippen LogP contribution in [-0.4, -0.2) is 20.9 Å². The summed E-state index contributed by atoms with van der Waals surface area (Å²) >= 11 is 0. The van der Waals surface area contributed by atoms with Gasteiger partial charge in [0, 0.05) is 10.8 Å². The number of hydrogen-bond acceptors (Lipinski definition) is 4. The van der Waals surface area contributed by atoms with Gasteiger partial charge in [-0.15, -0.1) is 0 Å². The van der Waals surface area contributed by atoms with E-state index in [4.69, 9.17) is 9.84 Å². The number of carboxylic acid groups (broad SMARTS) is 1. The number of hydrogen-bond donors (Lipinski definition) is 1. The van der Waals surface area contributed by atoms with Gasteiger partial charge in [0.15, 0.2) is 5.75 Å². The van der Waals surface area contributed by atoms with E-state index >= 15 is 0 Å².